The Morgan fingerprint density at radius 1 is 1.22 bits per heavy atom. The molecule has 0 N–H and O–H groups in total. The lowest BCUT2D eigenvalue weighted by Crippen LogP contribution is -2.07. The molecule has 0 spiro atoms. The second-order valence-corrected chi connectivity index (χ2v) is 5.27. The van der Waals surface area contributed by atoms with Crippen molar-refractivity contribution in [1.82, 2.24) is 0 Å². The van der Waals surface area contributed by atoms with Gasteiger partial charge in [0, 0.05) is 25.4 Å². The van der Waals surface area contributed by atoms with Crippen LogP contribution in [-0.2, 0) is 4.74 Å². The molecule has 116 valence electrons. The number of anilines is 1. The third-order valence-corrected chi connectivity index (χ3v) is 3.30. The second-order valence-electron chi connectivity index (χ2n) is 5.27. The predicted octanol–water partition coefficient (Wildman–Crippen LogP) is 4.42. The van der Waals surface area contributed by atoms with Gasteiger partial charge < -0.3 is 14.5 Å². The molecule has 0 radical (unpaired) electrons. The van der Waals surface area contributed by atoms with E-state index in [0.717, 1.165) is 17.0 Å². The van der Waals surface area contributed by atoms with Crippen molar-refractivity contribution < 1.29 is 4.74 Å². The van der Waals surface area contributed by atoms with Gasteiger partial charge in [-0.3, -0.25) is 0 Å². The average molecular weight is 305 g/mol. The van der Waals surface area contributed by atoms with Crippen LogP contribution in [0, 0.1) is 6.57 Å². The minimum absolute atomic E-state index is 0.272. The van der Waals surface area contributed by atoms with Crippen molar-refractivity contribution in [3.05, 3.63) is 82.4 Å². The molecule has 0 amide bonds. The lowest BCUT2D eigenvalue weighted by Gasteiger charge is -2.14. The van der Waals surface area contributed by atoms with Gasteiger partial charge in [0.25, 0.3) is 5.82 Å². The third kappa shape index (κ3) is 4.21. The zero-order valence-corrected chi connectivity index (χ0v) is 13.6. The molecule has 0 fully saturated rings. The van der Waals surface area contributed by atoms with E-state index < -0.39 is 0 Å². The average Bonchev–Trinajstić information content (AvgIpc) is 2.54. The maximum Gasteiger partial charge on any atom is 0.276 e. The molecule has 1 aliphatic rings. The van der Waals surface area contributed by atoms with Crippen molar-refractivity contribution >= 4 is 18.5 Å². The molecule has 2 rings (SSSR count). The fraction of sp³-hybridized carbons (Fsp3) is 0.158. The van der Waals surface area contributed by atoms with Gasteiger partial charge >= 0.3 is 0 Å². The van der Waals surface area contributed by atoms with E-state index in [1.165, 1.54) is 0 Å². The Morgan fingerprint density at radius 2 is 1.91 bits per heavy atom. The first-order chi connectivity index (χ1) is 11.0. The van der Waals surface area contributed by atoms with Gasteiger partial charge in [0.1, 0.15) is 11.5 Å². The second kappa shape index (κ2) is 7.28. The number of nitrogens with zero attached hydrogens (tertiary/aromatic N) is 3. The molecule has 0 saturated carbocycles. The molecule has 4 nitrogen and oxygen atoms in total. The number of aliphatic imine (C=N–C) groups is 1. The highest BCUT2D eigenvalue weighted by molar-refractivity contribution is 5.58. The molecule has 0 aromatic heterocycles. The van der Waals surface area contributed by atoms with Gasteiger partial charge in [0.05, 0.1) is 6.72 Å². The lowest BCUT2D eigenvalue weighted by molar-refractivity contribution is 0.318. The summed E-state index contributed by atoms with van der Waals surface area (Å²) in [5.41, 5.74) is 2.93. The van der Waals surface area contributed by atoms with Gasteiger partial charge in [-0.2, -0.15) is 0 Å². The SMILES string of the molecule is [C-]#[N+]/C(N=C)=C1\C=C(C)OC(/C=C/c2ccc(N(C)C)cc2)=C1. The van der Waals surface area contributed by atoms with E-state index in [4.69, 9.17) is 11.3 Å². The largest absolute Gasteiger partial charge is 0.462 e. The quantitative estimate of drug-likeness (QED) is 0.609. The Balaban J connectivity index is 2.24. The van der Waals surface area contributed by atoms with E-state index in [9.17, 15) is 0 Å². The topological polar surface area (TPSA) is 29.2 Å². The standard InChI is InChI=1S/C19H19N3O/c1-14-12-16(19(20-2)21-3)13-18(23-14)11-8-15-6-9-17(10-7-15)22(4)5/h6-13H,2H2,1,4-5H3/b11-8+,19-16+. The third-order valence-electron chi connectivity index (χ3n) is 3.30. The molecule has 1 aromatic carbocycles. The van der Waals surface area contributed by atoms with Gasteiger partial charge in [-0.15, -0.1) is 4.99 Å². The van der Waals surface area contributed by atoms with Crippen LogP contribution in [0.25, 0.3) is 10.9 Å². The maximum atomic E-state index is 7.13. The van der Waals surface area contributed by atoms with E-state index in [-0.39, 0.29) is 5.82 Å². The summed E-state index contributed by atoms with van der Waals surface area (Å²) in [5.74, 6) is 1.66. The van der Waals surface area contributed by atoms with Crippen molar-refractivity contribution in [2.45, 2.75) is 6.92 Å². The molecule has 1 heterocycles. The molecule has 1 aromatic rings. The zero-order valence-electron chi connectivity index (χ0n) is 13.6. The number of hydrogen-bond acceptors (Lipinski definition) is 3. The molecule has 0 aliphatic carbocycles. The first-order valence-corrected chi connectivity index (χ1v) is 7.15. The number of allylic oxidation sites excluding steroid dienone is 5. The minimum Gasteiger partial charge on any atom is -0.462 e. The van der Waals surface area contributed by atoms with Crippen molar-refractivity contribution in [3.8, 4) is 0 Å². The van der Waals surface area contributed by atoms with Crippen LogP contribution in [0.3, 0.4) is 0 Å². The Hall–Kier alpha value is -3.06. The Morgan fingerprint density at radius 3 is 2.48 bits per heavy atom. The van der Waals surface area contributed by atoms with Gasteiger partial charge in [0.15, 0.2) is 0 Å². The van der Waals surface area contributed by atoms with Gasteiger partial charge in [-0.05, 0) is 42.8 Å². The van der Waals surface area contributed by atoms with Gasteiger partial charge in [-0.1, -0.05) is 24.8 Å². The normalized spacial score (nSPS) is 16.1. The molecule has 4 heteroatoms. The number of hydrogen-bond donors (Lipinski definition) is 0. The molecule has 0 saturated heterocycles. The number of rotatable bonds is 4. The van der Waals surface area contributed by atoms with E-state index >= 15 is 0 Å². The molecule has 1 aliphatic heterocycles. The van der Waals surface area contributed by atoms with E-state index in [0.29, 0.717) is 11.3 Å². The summed E-state index contributed by atoms with van der Waals surface area (Å²) < 4.78 is 5.67. The highest BCUT2D eigenvalue weighted by Crippen LogP contribution is 2.24. The van der Waals surface area contributed by atoms with Crippen LogP contribution in [-0.4, -0.2) is 20.8 Å². The predicted molar refractivity (Wildman–Crippen MR) is 95.9 cm³/mol. The molecular formula is C19H19N3O. The van der Waals surface area contributed by atoms with E-state index in [1.807, 2.05) is 45.3 Å². The van der Waals surface area contributed by atoms with Crippen molar-refractivity contribution in [1.29, 1.82) is 0 Å². The molecule has 23 heavy (non-hydrogen) atoms. The highest BCUT2D eigenvalue weighted by atomic mass is 16.5. The van der Waals surface area contributed by atoms with Crippen molar-refractivity contribution in [2.75, 3.05) is 19.0 Å². The lowest BCUT2D eigenvalue weighted by atomic mass is 10.1. The van der Waals surface area contributed by atoms with Crippen molar-refractivity contribution in [3.63, 3.8) is 0 Å². The van der Waals surface area contributed by atoms with Crippen molar-refractivity contribution in [2.24, 2.45) is 4.99 Å². The number of ether oxygens (including phenoxy) is 1. The van der Waals surface area contributed by atoms with Gasteiger partial charge in [-0.25, -0.2) is 0 Å². The summed E-state index contributed by atoms with van der Waals surface area (Å²) in [6, 6.07) is 8.21. The summed E-state index contributed by atoms with van der Waals surface area (Å²) in [4.78, 5) is 9.17. The molecule has 0 bridgehead atoms. The first-order valence-electron chi connectivity index (χ1n) is 7.15. The number of benzene rings is 1. The first kappa shape index (κ1) is 16.3. The zero-order chi connectivity index (χ0) is 16.8. The summed E-state index contributed by atoms with van der Waals surface area (Å²) in [6.07, 6.45) is 7.43. The molecular weight excluding hydrogens is 286 g/mol. The smallest absolute Gasteiger partial charge is 0.276 e. The van der Waals surface area contributed by atoms with Crippen LogP contribution < -0.4 is 4.90 Å². The fourth-order valence-electron chi connectivity index (χ4n) is 2.12. The van der Waals surface area contributed by atoms with Gasteiger partial charge in [0.2, 0.25) is 0 Å². The molecule has 0 atom stereocenters. The van der Waals surface area contributed by atoms with Crippen LogP contribution in [0.4, 0.5) is 5.69 Å². The fourth-order valence-corrected chi connectivity index (χ4v) is 2.12. The van der Waals surface area contributed by atoms with E-state index in [2.05, 4.69) is 33.6 Å². The maximum absolute atomic E-state index is 7.13. The van der Waals surface area contributed by atoms with Crippen LogP contribution in [0.5, 0.6) is 0 Å². The Bertz CT molecular complexity index is 757. The van der Waals surface area contributed by atoms with Crippen LogP contribution >= 0.6 is 0 Å². The Labute approximate surface area is 137 Å². The Kier molecular flexibility index (Phi) is 5.16. The van der Waals surface area contributed by atoms with Crippen LogP contribution in [0.1, 0.15) is 12.5 Å². The monoisotopic (exact) mass is 305 g/mol. The van der Waals surface area contributed by atoms with E-state index in [1.54, 1.807) is 12.2 Å². The van der Waals surface area contributed by atoms with Crippen LogP contribution in [0.15, 0.2) is 70.4 Å². The summed E-state index contributed by atoms with van der Waals surface area (Å²) in [6.45, 7) is 12.4. The minimum atomic E-state index is 0.272. The summed E-state index contributed by atoms with van der Waals surface area (Å²) in [5, 5.41) is 0. The van der Waals surface area contributed by atoms with Crippen LogP contribution in [0.2, 0.25) is 0 Å². The summed E-state index contributed by atoms with van der Waals surface area (Å²) >= 11 is 0. The summed E-state index contributed by atoms with van der Waals surface area (Å²) in [7, 11) is 4.02. The highest BCUT2D eigenvalue weighted by Gasteiger charge is 2.09. The molecule has 0 unspecified atom stereocenters.